The average molecular weight is 382 g/mol. The normalized spacial score (nSPS) is 50.4. The minimum Gasteiger partial charge on any atom is -0.462 e. The number of allylic oxidation sites excluding steroid dienone is 1. The van der Waals surface area contributed by atoms with Crippen LogP contribution in [0.1, 0.15) is 104 Å². The minimum absolute atomic E-state index is 0.0126. The van der Waals surface area contributed by atoms with Crippen molar-refractivity contribution in [1.82, 2.24) is 0 Å². The van der Waals surface area contributed by atoms with Crippen LogP contribution in [0.25, 0.3) is 0 Å². The zero-order chi connectivity index (χ0) is 27.1. The maximum atomic E-state index is 13.0. The molecule has 0 radical (unpaired) electrons. The van der Waals surface area contributed by atoms with E-state index in [4.69, 9.17) is 17.1 Å². The molecule has 3 saturated carbocycles. The van der Waals surface area contributed by atoms with Crippen molar-refractivity contribution in [3.63, 3.8) is 0 Å². The van der Waals surface area contributed by atoms with E-state index < -0.39 is 43.5 Å². The predicted molar refractivity (Wildman–Crippen MR) is 106 cm³/mol. The van der Waals surface area contributed by atoms with Crippen molar-refractivity contribution in [3.8, 4) is 0 Å². The molecule has 150 valence electrons. The Morgan fingerprint density at radius 2 is 2.07 bits per heavy atom. The van der Waals surface area contributed by atoms with Gasteiger partial charge >= 0.3 is 5.97 Å². The van der Waals surface area contributed by atoms with Crippen molar-refractivity contribution in [2.24, 2.45) is 28.6 Å². The van der Waals surface area contributed by atoms with E-state index in [1.807, 2.05) is 13.0 Å². The molecule has 3 nitrogen and oxygen atoms in total. The summed E-state index contributed by atoms with van der Waals surface area (Å²) in [7, 11) is 0. The zero-order valence-electron chi connectivity index (χ0n) is 25.3. The number of ketones is 1. The highest BCUT2D eigenvalue weighted by atomic mass is 16.5. The van der Waals surface area contributed by atoms with Gasteiger partial charge in [-0.25, -0.2) is 0 Å². The van der Waals surface area contributed by atoms with Gasteiger partial charge in [0.2, 0.25) is 0 Å². The Hall–Kier alpha value is -1.12. The third-order valence-electron chi connectivity index (χ3n) is 8.35. The number of rotatable bonds is 4. The Balaban J connectivity index is 1.54. The number of esters is 1. The first kappa shape index (κ1) is 11.2. The van der Waals surface area contributed by atoms with Gasteiger partial charge in [-0.05, 0) is 80.6 Å². The molecule has 6 atom stereocenters. The van der Waals surface area contributed by atoms with Gasteiger partial charge in [0, 0.05) is 30.5 Å². The monoisotopic (exact) mass is 381 g/mol. The Morgan fingerprint density at radius 1 is 1.22 bits per heavy atom. The predicted octanol–water partition coefficient (Wildman–Crippen LogP) is 5.62. The van der Waals surface area contributed by atoms with Crippen LogP contribution in [-0.2, 0) is 14.3 Å². The fourth-order valence-electron chi connectivity index (χ4n) is 6.95. The first-order chi connectivity index (χ1) is 16.3. The molecule has 4 aliphatic rings. The van der Waals surface area contributed by atoms with E-state index in [9.17, 15) is 9.59 Å². The van der Waals surface area contributed by atoms with Gasteiger partial charge in [-0.1, -0.05) is 32.6 Å². The Kier molecular flexibility index (Phi) is 2.91. The molecule has 4 rings (SSSR count). The Bertz CT molecular complexity index is 972. The van der Waals surface area contributed by atoms with Crippen LogP contribution < -0.4 is 0 Å². The van der Waals surface area contributed by atoms with Crippen molar-refractivity contribution >= 4 is 11.8 Å². The molecular weight excluding hydrogens is 336 g/mol. The van der Waals surface area contributed by atoms with Crippen LogP contribution in [0.4, 0.5) is 0 Å². The topological polar surface area (TPSA) is 43.4 Å². The summed E-state index contributed by atoms with van der Waals surface area (Å²) in [6.07, 6.45) is -3.39. The lowest BCUT2D eigenvalue weighted by Crippen LogP contribution is -2.51. The minimum atomic E-state index is -3.64. The van der Waals surface area contributed by atoms with E-state index in [0.717, 1.165) is 38.5 Å². The van der Waals surface area contributed by atoms with Gasteiger partial charge in [0.25, 0.3) is 0 Å². The maximum absolute atomic E-state index is 13.0. The van der Waals surface area contributed by atoms with Gasteiger partial charge in [-0.3, -0.25) is 9.59 Å². The second-order valence-corrected chi connectivity index (χ2v) is 9.36. The van der Waals surface area contributed by atoms with Gasteiger partial charge < -0.3 is 4.74 Å². The molecule has 3 fully saturated rings. The Labute approximate surface area is 177 Å². The highest BCUT2D eigenvalue weighted by Gasteiger charge is 2.59. The van der Waals surface area contributed by atoms with Crippen molar-refractivity contribution < 1.29 is 26.7 Å². The fourth-order valence-corrected chi connectivity index (χ4v) is 6.95. The number of fused-ring (bicyclic) bond motifs is 5. The third kappa shape index (κ3) is 3.09. The molecule has 0 heterocycles. The van der Waals surface area contributed by atoms with Crippen LogP contribution in [0.2, 0.25) is 0 Å². The van der Waals surface area contributed by atoms with E-state index >= 15 is 0 Å². The molecular formula is C24H36O3. The summed E-state index contributed by atoms with van der Waals surface area (Å²) in [5.74, 6) is -0.310. The molecule has 0 aromatic carbocycles. The van der Waals surface area contributed by atoms with Gasteiger partial charge in [-0.15, -0.1) is 0 Å². The zero-order valence-corrected chi connectivity index (χ0v) is 16.3. The van der Waals surface area contributed by atoms with Crippen LogP contribution in [-0.4, -0.2) is 17.9 Å². The quantitative estimate of drug-likeness (QED) is 0.594. The molecule has 0 unspecified atom stereocenters. The van der Waals surface area contributed by atoms with Gasteiger partial charge in [0.1, 0.15) is 6.10 Å². The van der Waals surface area contributed by atoms with E-state index in [-0.39, 0.29) is 17.1 Å². The molecule has 0 bridgehead atoms. The van der Waals surface area contributed by atoms with Crippen molar-refractivity contribution in [3.05, 3.63) is 11.6 Å². The Morgan fingerprint density at radius 3 is 2.89 bits per heavy atom. The molecule has 27 heavy (non-hydrogen) atoms. The fraction of sp³-hybridized carbons (Fsp3) is 0.833. The van der Waals surface area contributed by atoms with Crippen molar-refractivity contribution in [1.29, 1.82) is 0 Å². The molecule has 4 aliphatic carbocycles. The first-order valence-electron chi connectivity index (χ1n) is 14.8. The molecule has 0 aromatic heterocycles. The molecule has 0 aromatic rings. The van der Waals surface area contributed by atoms with E-state index in [2.05, 4.69) is 6.92 Å². The molecule has 0 N–H and O–H groups in total. The molecule has 0 aliphatic heterocycles. The summed E-state index contributed by atoms with van der Waals surface area (Å²) in [4.78, 5) is 25.0. The lowest BCUT2D eigenvalue weighted by Gasteiger charge is -2.57. The first-order valence-corrected chi connectivity index (χ1v) is 10.3. The number of carbonyl (C=O) groups is 2. The molecule has 0 amide bonds. The van der Waals surface area contributed by atoms with E-state index in [0.29, 0.717) is 24.7 Å². The van der Waals surface area contributed by atoms with Gasteiger partial charge in [0.05, 0.1) is 0 Å². The van der Waals surface area contributed by atoms with Crippen molar-refractivity contribution in [2.45, 2.75) is 97.3 Å². The standard InChI is InChI=1S/C24H36O3/c1-4-5-6-22(26)27-21-10-9-19-18-8-7-16-15-17(25)11-13-23(16,2)20(18)12-14-24(19,21)3/h15,18-21H,4-14H2,1-3H3/t18-,19-,20-,21-,23-,24-/m1/s1/i1D3,4D2,5D2,6D2. The number of ether oxygens (including phenoxy) is 1. The van der Waals surface area contributed by atoms with Crippen LogP contribution in [0.3, 0.4) is 0 Å². The molecule has 3 heteroatoms. The smallest absolute Gasteiger partial charge is 0.306 e. The maximum Gasteiger partial charge on any atom is 0.306 e. The number of hydrogen-bond acceptors (Lipinski definition) is 3. The molecule has 0 spiro atoms. The third-order valence-corrected chi connectivity index (χ3v) is 8.35. The largest absolute Gasteiger partial charge is 0.462 e. The summed E-state index contributed by atoms with van der Waals surface area (Å²) in [6, 6.07) is 0. The highest BCUT2D eigenvalue weighted by molar-refractivity contribution is 5.91. The lowest BCUT2D eigenvalue weighted by molar-refractivity contribution is -0.160. The second kappa shape index (κ2) is 7.04. The average Bonchev–Trinajstić information content (AvgIpc) is 3.09. The summed E-state index contributed by atoms with van der Waals surface area (Å²) in [6.45, 7) is 0.844. The second-order valence-electron chi connectivity index (χ2n) is 9.36. The van der Waals surface area contributed by atoms with E-state index in [1.54, 1.807) is 0 Å². The summed E-state index contributed by atoms with van der Waals surface area (Å²) in [5.41, 5.74) is 0.815. The van der Waals surface area contributed by atoms with Crippen LogP contribution in [0.5, 0.6) is 0 Å². The summed E-state index contributed by atoms with van der Waals surface area (Å²) < 4.78 is 75.4. The van der Waals surface area contributed by atoms with Crippen molar-refractivity contribution in [2.75, 3.05) is 0 Å². The van der Waals surface area contributed by atoms with Crippen LogP contribution in [0, 0.1) is 28.6 Å². The lowest BCUT2D eigenvalue weighted by atomic mass is 9.47. The summed E-state index contributed by atoms with van der Waals surface area (Å²) >= 11 is 0. The SMILES string of the molecule is [2H]C([2H])([2H])C([2H])([2H])C([2H])([2H])C([2H])([2H])C(=O)O[C@@H]1CC[C@@H]2[C@H]3CCC4=CC(=O)CC[C@@]4(C)[C@@H]3CC[C@]21C. The number of hydrogen-bond donors (Lipinski definition) is 0. The van der Waals surface area contributed by atoms with Gasteiger partial charge in [0.15, 0.2) is 5.78 Å². The van der Waals surface area contributed by atoms with Gasteiger partial charge in [-0.2, -0.15) is 0 Å². The van der Waals surface area contributed by atoms with Crippen LogP contribution in [0.15, 0.2) is 11.6 Å². The summed E-state index contributed by atoms with van der Waals surface area (Å²) in [5, 5.41) is 0. The molecule has 0 saturated heterocycles. The van der Waals surface area contributed by atoms with E-state index in [1.165, 1.54) is 5.57 Å². The highest BCUT2D eigenvalue weighted by Crippen LogP contribution is 2.65. The van der Waals surface area contributed by atoms with Crippen LogP contribution >= 0.6 is 0 Å². The number of carbonyl (C=O) groups excluding carboxylic acids is 2.